The Morgan fingerprint density at radius 2 is 2.32 bits per heavy atom. The molecule has 104 valence electrons. The molecule has 1 heterocycles. The van der Waals surface area contributed by atoms with E-state index in [2.05, 4.69) is 10.4 Å². The van der Waals surface area contributed by atoms with E-state index in [1.54, 1.807) is 17.9 Å². The van der Waals surface area contributed by atoms with Gasteiger partial charge in [-0.25, -0.2) is 4.79 Å². The zero-order valence-electron chi connectivity index (χ0n) is 10.9. The lowest BCUT2D eigenvalue weighted by atomic mass is 10.3. The summed E-state index contributed by atoms with van der Waals surface area (Å²) in [7, 11) is 1.79. The van der Waals surface area contributed by atoms with Crippen molar-refractivity contribution in [3.8, 4) is 0 Å². The molecule has 0 saturated heterocycles. The van der Waals surface area contributed by atoms with Crippen LogP contribution < -0.4 is 5.32 Å². The van der Waals surface area contributed by atoms with Crippen LogP contribution in [0.25, 0.3) is 0 Å². The second-order valence-corrected chi connectivity index (χ2v) is 4.82. The number of aryl methyl sites for hydroxylation is 1. The summed E-state index contributed by atoms with van der Waals surface area (Å²) in [5.41, 5.74) is 0.870. The van der Waals surface area contributed by atoms with Crippen molar-refractivity contribution in [1.29, 1.82) is 0 Å². The van der Waals surface area contributed by atoms with E-state index in [4.69, 9.17) is 5.11 Å². The van der Waals surface area contributed by atoms with Gasteiger partial charge in [0.05, 0.1) is 12.2 Å². The number of carboxylic acid groups (broad SMARTS) is 1. The quantitative estimate of drug-likeness (QED) is 0.781. The summed E-state index contributed by atoms with van der Waals surface area (Å²) in [5.74, 6) is -0.530. The number of urea groups is 1. The fraction of sp³-hybridized carbons (Fsp3) is 0.583. The van der Waals surface area contributed by atoms with Crippen LogP contribution in [-0.4, -0.2) is 44.9 Å². The number of amides is 2. The van der Waals surface area contributed by atoms with Crippen LogP contribution in [0, 0.1) is 5.92 Å². The highest BCUT2D eigenvalue weighted by Crippen LogP contribution is 2.29. The predicted octanol–water partition coefficient (Wildman–Crippen LogP) is 0.426. The Morgan fingerprint density at radius 3 is 2.84 bits per heavy atom. The van der Waals surface area contributed by atoms with E-state index in [1.807, 2.05) is 6.07 Å². The van der Waals surface area contributed by atoms with Crippen LogP contribution >= 0.6 is 0 Å². The summed E-state index contributed by atoms with van der Waals surface area (Å²) in [4.78, 5) is 24.1. The number of carboxylic acids is 1. The Hall–Kier alpha value is -2.05. The molecule has 0 bridgehead atoms. The average Bonchev–Trinajstić information content (AvgIpc) is 3.07. The standard InChI is InChI=1S/C12H18N4O3/c1-15-10(4-5-14-15)6-13-12(19)16(8-11(17)18)7-9-2-3-9/h4-5,9H,2-3,6-8H2,1H3,(H,13,19)(H,17,18). The molecule has 0 radical (unpaired) electrons. The van der Waals surface area contributed by atoms with E-state index in [-0.39, 0.29) is 12.6 Å². The van der Waals surface area contributed by atoms with Gasteiger partial charge in [-0.1, -0.05) is 0 Å². The first-order chi connectivity index (χ1) is 9.06. The van der Waals surface area contributed by atoms with Crippen LogP contribution in [0.3, 0.4) is 0 Å². The van der Waals surface area contributed by atoms with Crippen molar-refractivity contribution in [2.24, 2.45) is 13.0 Å². The molecule has 7 nitrogen and oxygen atoms in total. The second-order valence-electron chi connectivity index (χ2n) is 4.82. The minimum absolute atomic E-state index is 0.256. The first-order valence-corrected chi connectivity index (χ1v) is 6.27. The van der Waals surface area contributed by atoms with Crippen molar-refractivity contribution in [3.63, 3.8) is 0 Å². The number of hydrogen-bond acceptors (Lipinski definition) is 3. The molecule has 1 saturated carbocycles. The highest BCUT2D eigenvalue weighted by atomic mass is 16.4. The maximum Gasteiger partial charge on any atom is 0.323 e. The third kappa shape index (κ3) is 3.97. The van der Waals surface area contributed by atoms with Crippen LogP contribution in [-0.2, 0) is 18.4 Å². The summed E-state index contributed by atoms with van der Waals surface area (Å²) in [6.45, 7) is 0.605. The third-order valence-electron chi connectivity index (χ3n) is 3.13. The fourth-order valence-electron chi connectivity index (χ4n) is 1.85. The largest absolute Gasteiger partial charge is 0.480 e. The van der Waals surface area contributed by atoms with Crippen molar-refractivity contribution >= 4 is 12.0 Å². The lowest BCUT2D eigenvalue weighted by Crippen LogP contribution is -2.43. The lowest BCUT2D eigenvalue weighted by Gasteiger charge is -2.21. The third-order valence-corrected chi connectivity index (χ3v) is 3.13. The van der Waals surface area contributed by atoms with E-state index in [0.29, 0.717) is 19.0 Å². The van der Waals surface area contributed by atoms with E-state index >= 15 is 0 Å². The van der Waals surface area contributed by atoms with Crippen LogP contribution in [0.4, 0.5) is 4.79 Å². The first kappa shape index (κ1) is 13.4. The SMILES string of the molecule is Cn1nccc1CNC(=O)N(CC(=O)O)CC1CC1. The maximum absolute atomic E-state index is 12.0. The summed E-state index contributed by atoms with van der Waals surface area (Å²) in [5, 5.41) is 15.6. The van der Waals surface area contributed by atoms with Crippen LogP contribution in [0.1, 0.15) is 18.5 Å². The summed E-state index contributed by atoms with van der Waals surface area (Å²) in [6.07, 6.45) is 3.80. The van der Waals surface area contributed by atoms with Gasteiger partial charge in [-0.05, 0) is 24.8 Å². The molecule has 0 aromatic carbocycles. The molecule has 0 spiro atoms. The Bertz CT molecular complexity index is 467. The Labute approximate surface area is 111 Å². The molecular formula is C12H18N4O3. The lowest BCUT2D eigenvalue weighted by molar-refractivity contribution is -0.137. The number of carbonyl (C=O) groups excluding carboxylic acids is 1. The van der Waals surface area contributed by atoms with Gasteiger partial charge >= 0.3 is 12.0 Å². The topological polar surface area (TPSA) is 87.5 Å². The summed E-state index contributed by atoms with van der Waals surface area (Å²) >= 11 is 0. The van der Waals surface area contributed by atoms with Gasteiger partial charge in [0.1, 0.15) is 6.54 Å². The molecule has 1 aliphatic carbocycles. The minimum Gasteiger partial charge on any atom is -0.480 e. The molecule has 0 unspecified atom stereocenters. The minimum atomic E-state index is -0.990. The second kappa shape index (κ2) is 5.73. The number of carbonyl (C=O) groups is 2. The number of hydrogen-bond donors (Lipinski definition) is 2. The molecule has 7 heteroatoms. The van der Waals surface area contributed by atoms with Crippen LogP contribution in [0.15, 0.2) is 12.3 Å². The number of nitrogens with one attached hydrogen (secondary N) is 1. The van der Waals surface area contributed by atoms with Gasteiger partial charge in [-0.2, -0.15) is 5.10 Å². The van der Waals surface area contributed by atoms with Gasteiger partial charge in [0.2, 0.25) is 0 Å². The highest BCUT2D eigenvalue weighted by molar-refractivity contribution is 5.80. The number of rotatable bonds is 6. The molecule has 2 N–H and O–H groups in total. The molecule has 1 fully saturated rings. The maximum atomic E-state index is 12.0. The van der Waals surface area contributed by atoms with Gasteiger partial charge in [-0.3, -0.25) is 9.48 Å². The van der Waals surface area contributed by atoms with Crippen LogP contribution in [0.5, 0.6) is 0 Å². The molecule has 2 rings (SSSR count). The summed E-state index contributed by atoms with van der Waals surface area (Å²) in [6, 6.07) is 1.47. The van der Waals surface area contributed by atoms with Gasteiger partial charge in [-0.15, -0.1) is 0 Å². The zero-order chi connectivity index (χ0) is 13.8. The molecule has 0 aliphatic heterocycles. The van der Waals surface area contributed by atoms with Gasteiger partial charge in [0.15, 0.2) is 0 Å². The number of aliphatic carboxylic acids is 1. The van der Waals surface area contributed by atoms with Crippen molar-refractivity contribution in [2.45, 2.75) is 19.4 Å². The molecule has 1 aromatic rings. The molecule has 1 aliphatic rings. The van der Waals surface area contributed by atoms with Crippen molar-refractivity contribution in [3.05, 3.63) is 18.0 Å². The van der Waals surface area contributed by atoms with Crippen molar-refractivity contribution in [2.75, 3.05) is 13.1 Å². The van der Waals surface area contributed by atoms with Crippen molar-refractivity contribution < 1.29 is 14.7 Å². The first-order valence-electron chi connectivity index (χ1n) is 6.27. The van der Waals surface area contributed by atoms with E-state index in [0.717, 1.165) is 18.5 Å². The average molecular weight is 266 g/mol. The van der Waals surface area contributed by atoms with Crippen molar-refractivity contribution in [1.82, 2.24) is 20.0 Å². The number of nitrogens with zero attached hydrogens (tertiary/aromatic N) is 3. The van der Waals surface area contributed by atoms with Gasteiger partial charge in [0, 0.05) is 19.8 Å². The highest BCUT2D eigenvalue weighted by Gasteiger charge is 2.27. The van der Waals surface area contributed by atoms with E-state index in [1.165, 1.54) is 4.90 Å². The normalized spacial score (nSPS) is 14.2. The predicted molar refractivity (Wildman–Crippen MR) is 67.4 cm³/mol. The van der Waals surface area contributed by atoms with E-state index < -0.39 is 5.97 Å². The molecule has 2 amide bonds. The Morgan fingerprint density at radius 1 is 1.58 bits per heavy atom. The van der Waals surface area contributed by atoms with Crippen LogP contribution in [0.2, 0.25) is 0 Å². The van der Waals surface area contributed by atoms with Gasteiger partial charge < -0.3 is 15.3 Å². The summed E-state index contributed by atoms with van der Waals surface area (Å²) < 4.78 is 1.67. The molecule has 1 aromatic heterocycles. The Kier molecular flexibility index (Phi) is 4.03. The van der Waals surface area contributed by atoms with Gasteiger partial charge in [0.25, 0.3) is 0 Å². The molecular weight excluding hydrogens is 248 g/mol. The smallest absolute Gasteiger partial charge is 0.323 e. The number of aromatic nitrogens is 2. The molecule has 19 heavy (non-hydrogen) atoms. The fourth-order valence-corrected chi connectivity index (χ4v) is 1.85. The van der Waals surface area contributed by atoms with E-state index in [9.17, 15) is 9.59 Å². The monoisotopic (exact) mass is 266 g/mol. The molecule has 0 atom stereocenters. The zero-order valence-corrected chi connectivity index (χ0v) is 10.9. The Balaban J connectivity index is 1.87.